The standard InChI is InChI=1S/C19H29N3O2/c1-7-11-24-18-12-16(9-10-17(18)23-6)13-21-19(20-8-2)22-15(5)14(3)4/h1,9-10,12,14-15H,8,11,13H2,2-6H3,(H2,20,21,22). The van der Waals surface area contributed by atoms with Crippen LogP contribution in [0.1, 0.15) is 33.3 Å². The van der Waals surface area contributed by atoms with Crippen LogP contribution in [0.25, 0.3) is 0 Å². The number of nitrogens with one attached hydrogen (secondary N) is 2. The van der Waals surface area contributed by atoms with Crippen molar-refractivity contribution in [2.75, 3.05) is 20.3 Å². The Balaban J connectivity index is 2.86. The van der Waals surface area contributed by atoms with E-state index in [2.05, 4.69) is 49.2 Å². The Morgan fingerprint density at radius 3 is 2.62 bits per heavy atom. The van der Waals surface area contributed by atoms with Gasteiger partial charge in [0.1, 0.15) is 6.61 Å². The molecule has 1 aromatic carbocycles. The molecule has 2 N–H and O–H groups in total. The highest BCUT2D eigenvalue weighted by Crippen LogP contribution is 2.28. The van der Waals surface area contributed by atoms with Gasteiger partial charge in [0, 0.05) is 12.6 Å². The predicted octanol–water partition coefficient (Wildman–Crippen LogP) is 2.81. The van der Waals surface area contributed by atoms with Crippen LogP contribution in [-0.2, 0) is 6.54 Å². The number of aliphatic imine (C=N–C) groups is 1. The number of terminal acetylenes is 1. The summed E-state index contributed by atoms with van der Waals surface area (Å²) in [6, 6.07) is 6.09. The molecule has 24 heavy (non-hydrogen) atoms. The second-order valence-corrected chi connectivity index (χ2v) is 5.85. The van der Waals surface area contributed by atoms with Crippen molar-refractivity contribution in [2.24, 2.45) is 10.9 Å². The third-order valence-corrected chi connectivity index (χ3v) is 3.67. The van der Waals surface area contributed by atoms with E-state index < -0.39 is 0 Å². The van der Waals surface area contributed by atoms with Crippen molar-refractivity contribution in [2.45, 2.75) is 40.3 Å². The molecule has 1 aromatic rings. The molecule has 0 heterocycles. The van der Waals surface area contributed by atoms with Gasteiger partial charge in [-0.3, -0.25) is 0 Å². The van der Waals surface area contributed by atoms with Gasteiger partial charge in [-0.15, -0.1) is 6.42 Å². The number of ether oxygens (including phenoxy) is 2. The zero-order chi connectivity index (χ0) is 17.9. The van der Waals surface area contributed by atoms with E-state index in [0.717, 1.165) is 18.1 Å². The lowest BCUT2D eigenvalue weighted by molar-refractivity contribution is 0.330. The van der Waals surface area contributed by atoms with E-state index in [0.29, 0.717) is 30.0 Å². The largest absolute Gasteiger partial charge is 0.493 e. The molecular weight excluding hydrogens is 302 g/mol. The van der Waals surface area contributed by atoms with Gasteiger partial charge in [-0.1, -0.05) is 25.8 Å². The van der Waals surface area contributed by atoms with Crippen LogP contribution in [0.5, 0.6) is 11.5 Å². The van der Waals surface area contributed by atoms with Crippen LogP contribution in [-0.4, -0.2) is 32.3 Å². The van der Waals surface area contributed by atoms with Gasteiger partial charge in [-0.05, 0) is 37.5 Å². The van der Waals surface area contributed by atoms with Crippen LogP contribution >= 0.6 is 0 Å². The third-order valence-electron chi connectivity index (χ3n) is 3.67. The van der Waals surface area contributed by atoms with E-state index >= 15 is 0 Å². The second kappa shape index (κ2) is 10.4. The summed E-state index contributed by atoms with van der Waals surface area (Å²) < 4.78 is 10.8. The minimum atomic E-state index is 0.208. The summed E-state index contributed by atoms with van der Waals surface area (Å²) in [7, 11) is 1.61. The third kappa shape index (κ3) is 6.41. The molecule has 1 unspecified atom stereocenters. The Kier molecular flexibility index (Phi) is 8.56. The number of rotatable bonds is 8. The van der Waals surface area contributed by atoms with E-state index in [1.807, 2.05) is 18.2 Å². The van der Waals surface area contributed by atoms with Crippen molar-refractivity contribution >= 4 is 5.96 Å². The number of methoxy groups -OCH3 is 1. The highest BCUT2D eigenvalue weighted by atomic mass is 16.5. The molecule has 1 atom stereocenters. The zero-order valence-electron chi connectivity index (χ0n) is 15.3. The average Bonchev–Trinajstić information content (AvgIpc) is 2.57. The lowest BCUT2D eigenvalue weighted by atomic mass is 10.1. The van der Waals surface area contributed by atoms with Gasteiger partial charge < -0.3 is 20.1 Å². The van der Waals surface area contributed by atoms with Crippen molar-refractivity contribution in [1.29, 1.82) is 0 Å². The Morgan fingerprint density at radius 1 is 1.29 bits per heavy atom. The number of hydrogen-bond donors (Lipinski definition) is 2. The smallest absolute Gasteiger partial charge is 0.191 e. The molecule has 132 valence electrons. The lowest BCUT2D eigenvalue weighted by Crippen LogP contribution is -2.44. The van der Waals surface area contributed by atoms with E-state index in [-0.39, 0.29) is 6.61 Å². The Morgan fingerprint density at radius 2 is 2.04 bits per heavy atom. The van der Waals surface area contributed by atoms with Crippen LogP contribution < -0.4 is 20.1 Å². The monoisotopic (exact) mass is 331 g/mol. The van der Waals surface area contributed by atoms with Gasteiger partial charge in [0.05, 0.1) is 13.7 Å². The van der Waals surface area contributed by atoms with E-state index in [1.165, 1.54) is 0 Å². The van der Waals surface area contributed by atoms with Gasteiger partial charge >= 0.3 is 0 Å². The maximum absolute atomic E-state index is 5.53. The first-order valence-corrected chi connectivity index (χ1v) is 8.29. The van der Waals surface area contributed by atoms with Crippen molar-refractivity contribution in [3.8, 4) is 23.8 Å². The second-order valence-electron chi connectivity index (χ2n) is 5.85. The van der Waals surface area contributed by atoms with Crippen molar-refractivity contribution in [3.05, 3.63) is 23.8 Å². The minimum Gasteiger partial charge on any atom is -0.493 e. The van der Waals surface area contributed by atoms with Gasteiger partial charge in [0.2, 0.25) is 0 Å². The number of nitrogens with zero attached hydrogens (tertiary/aromatic N) is 1. The summed E-state index contributed by atoms with van der Waals surface area (Å²) in [5, 5.41) is 6.68. The summed E-state index contributed by atoms with van der Waals surface area (Å²) >= 11 is 0. The summed E-state index contributed by atoms with van der Waals surface area (Å²) in [5.74, 6) is 5.09. The van der Waals surface area contributed by atoms with E-state index in [1.54, 1.807) is 7.11 Å². The van der Waals surface area contributed by atoms with Gasteiger partial charge in [-0.25, -0.2) is 4.99 Å². The molecule has 0 bridgehead atoms. The number of hydrogen-bond acceptors (Lipinski definition) is 3. The molecule has 0 fully saturated rings. The predicted molar refractivity (Wildman–Crippen MR) is 99.6 cm³/mol. The van der Waals surface area contributed by atoms with Crippen molar-refractivity contribution in [3.63, 3.8) is 0 Å². The molecule has 0 aliphatic heterocycles. The molecule has 0 radical (unpaired) electrons. The molecule has 5 heteroatoms. The number of benzene rings is 1. The summed E-state index contributed by atoms with van der Waals surface area (Å²) in [4.78, 5) is 4.64. The first-order chi connectivity index (χ1) is 11.5. The lowest BCUT2D eigenvalue weighted by Gasteiger charge is -2.20. The molecular formula is C19H29N3O2. The molecule has 0 amide bonds. The van der Waals surface area contributed by atoms with Crippen LogP contribution in [0, 0.1) is 18.3 Å². The first kappa shape index (κ1) is 19.7. The van der Waals surface area contributed by atoms with Crippen molar-refractivity contribution in [1.82, 2.24) is 10.6 Å². The SMILES string of the molecule is C#CCOc1cc(CN=C(NCC)NC(C)C(C)C)ccc1OC. The summed E-state index contributed by atoms with van der Waals surface area (Å²) in [6.45, 7) is 10.1. The Hall–Kier alpha value is -2.35. The van der Waals surface area contributed by atoms with Crippen LogP contribution in [0.4, 0.5) is 0 Å². The fraction of sp³-hybridized carbons (Fsp3) is 0.526. The molecule has 0 saturated carbocycles. The molecule has 0 aromatic heterocycles. The molecule has 0 spiro atoms. The van der Waals surface area contributed by atoms with Crippen LogP contribution in [0.2, 0.25) is 0 Å². The fourth-order valence-electron chi connectivity index (χ4n) is 1.92. The molecule has 0 saturated heterocycles. The first-order valence-electron chi connectivity index (χ1n) is 8.29. The van der Waals surface area contributed by atoms with E-state index in [4.69, 9.17) is 15.9 Å². The molecule has 5 nitrogen and oxygen atoms in total. The van der Waals surface area contributed by atoms with Gasteiger partial charge in [-0.2, -0.15) is 0 Å². The maximum atomic E-state index is 5.53. The summed E-state index contributed by atoms with van der Waals surface area (Å²) in [6.07, 6.45) is 5.25. The Bertz CT molecular complexity index is 576. The quantitative estimate of drug-likeness (QED) is 0.437. The molecule has 1 rings (SSSR count). The molecule has 0 aliphatic carbocycles. The highest BCUT2D eigenvalue weighted by Gasteiger charge is 2.09. The Labute approximate surface area is 145 Å². The maximum Gasteiger partial charge on any atom is 0.191 e. The van der Waals surface area contributed by atoms with Crippen molar-refractivity contribution < 1.29 is 9.47 Å². The average molecular weight is 331 g/mol. The topological polar surface area (TPSA) is 54.9 Å². The van der Waals surface area contributed by atoms with Gasteiger partial charge in [0.25, 0.3) is 0 Å². The van der Waals surface area contributed by atoms with Crippen LogP contribution in [0.15, 0.2) is 23.2 Å². The van der Waals surface area contributed by atoms with E-state index in [9.17, 15) is 0 Å². The summed E-state index contributed by atoms with van der Waals surface area (Å²) in [5.41, 5.74) is 1.03. The number of guanidine groups is 1. The molecule has 0 aliphatic rings. The minimum absolute atomic E-state index is 0.208. The van der Waals surface area contributed by atoms with Crippen LogP contribution in [0.3, 0.4) is 0 Å². The zero-order valence-corrected chi connectivity index (χ0v) is 15.3. The normalized spacial score (nSPS) is 12.5. The highest BCUT2D eigenvalue weighted by molar-refractivity contribution is 5.80. The van der Waals surface area contributed by atoms with Gasteiger partial charge in [0.15, 0.2) is 17.5 Å². The fourth-order valence-corrected chi connectivity index (χ4v) is 1.92.